The van der Waals surface area contributed by atoms with E-state index in [9.17, 15) is 22.8 Å². The second-order valence-corrected chi connectivity index (χ2v) is 5.37. The van der Waals surface area contributed by atoms with Gasteiger partial charge in [0.15, 0.2) is 0 Å². The van der Waals surface area contributed by atoms with E-state index < -0.39 is 23.6 Å². The molecule has 24 heavy (non-hydrogen) atoms. The SMILES string of the molecule is CC(=O)C(C(=O)NCc1cccc(C(F)(F)F)c1)c1ccccc1. The summed E-state index contributed by atoms with van der Waals surface area (Å²) in [5.41, 5.74) is 0.0838. The quantitative estimate of drug-likeness (QED) is 0.847. The van der Waals surface area contributed by atoms with Crippen molar-refractivity contribution in [3.05, 3.63) is 71.3 Å². The van der Waals surface area contributed by atoms with Gasteiger partial charge in [-0.15, -0.1) is 0 Å². The summed E-state index contributed by atoms with van der Waals surface area (Å²) in [5.74, 6) is -1.84. The van der Waals surface area contributed by atoms with Gasteiger partial charge in [0.2, 0.25) is 5.91 Å². The third-order valence-corrected chi connectivity index (χ3v) is 3.52. The van der Waals surface area contributed by atoms with E-state index in [0.717, 1.165) is 12.1 Å². The molecule has 6 heteroatoms. The molecule has 0 spiro atoms. The molecule has 2 aromatic carbocycles. The van der Waals surface area contributed by atoms with Gasteiger partial charge < -0.3 is 5.32 Å². The van der Waals surface area contributed by atoms with Crippen molar-refractivity contribution in [2.75, 3.05) is 0 Å². The summed E-state index contributed by atoms with van der Waals surface area (Å²) in [6.07, 6.45) is -4.44. The zero-order chi connectivity index (χ0) is 17.7. The highest BCUT2D eigenvalue weighted by molar-refractivity contribution is 6.05. The minimum absolute atomic E-state index is 0.0840. The molecule has 126 valence electrons. The number of alkyl halides is 3. The number of carbonyl (C=O) groups excluding carboxylic acids is 2. The number of ketones is 1. The molecule has 0 aromatic heterocycles. The maximum atomic E-state index is 12.7. The van der Waals surface area contributed by atoms with Crippen LogP contribution in [0.2, 0.25) is 0 Å². The Bertz CT molecular complexity index is 727. The molecule has 2 rings (SSSR count). The lowest BCUT2D eigenvalue weighted by Crippen LogP contribution is -2.32. The average Bonchev–Trinajstić information content (AvgIpc) is 2.53. The molecule has 0 aliphatic heterocycles. The first-order chi connectivity index (χ1) is 11.3. The monoisotopic (exact) mass is 335 g/mol. The summed E-state index contributed by atoms with van der Waals surface area (Å²) >= 11 is 0. The second kappa shape index (κ2) is 7.29. The maximum absolute atomic E-state index is 12.7. The molecule has 3 nitrogen and oxygen atoms in total. The zero-order valence-electron chi connectivity index (χ0n) is 12.9. The molecule has 0 saturated heterocycles. The first kappa shape index (κ1) is 17.7. The normalized spacial score (nSPS) is 12.5. The number of rotatable bonds is 5. The Labute approximate surface area is 137 Å². The number of hydrogen-bond acceptors (Lipinski definition) is 2. The molecular weight excluding hydrogens is 319 g/mol. The van der Waals surface area contributed by atoms with Crippen LogP contribution in [0.1, 0.15) is 29.5 Å². The fourth-order valence-electron chi connectivity index (χ4n) is 2.37. The first-order valence-corrected chi connectivity index (χ1v) is 7.28. The molecule has 2 aromatic rings. The van der Waals surface area contributed by atoms with Crippen LogP contribution in [0.15, 0.2) is 54.6 Å². The first-order valence-electron chi connectivity index (χ1n) is 7.28. The minimum atomic E-state index is -4.44. The van der Waals surface area contributed by atoms with Crippen molar-refractivity contribution in [3.63, 3.8) is 0 Å². The van der Waals surface area contributed by atoms with Gasteiger partial charge in [0.25, 0.3) is 0 Å². The summed E-state index contributed by atoms with van der Waals surface area (Å²) < 4.78 is 38.1. The van der Waals surface area contributed by atoms with Crippen LogP contribution in [-0.4, -0.2) is 11.7 Å². The van der Waals surface area contributed by atoms with E-state index in [1.165, 1.54) is 19.1 Å². The van der Waals surface area contributed by atoms with Crippen molar-refractivity contribution >= 4 is 11.7 Å². The fraction of sp³-hybridized carbons (Fsp3) is 0.222. The smallest absolute Gasteiger partial charge is 0.351 e. The van der Waals surface area contributed by atoms with E-state index >= 15 is 0 Å². The molecule has 1 unspecified atom stereocenters. The predicted molar refractivity (Wildman–Crippen MR) is 83.2 cm³/mol. The molecular formula is C18H16F3NO2. The van der Waals surface area contributed by atoms with Crippen LogP contribution < -0.4 is 5.32 Å². The van der Waals surface area contributed by atoms with Crippen molar-refractivity contribution in [3.8, 4) is 0 Å². The van der Waals surface area contributed by atoms with Crippen LogP contribution >= 0.6 is 0 Å². The zero-order valence-corrected chi connectivity index (χ0v) is 12.9. The van der Waals surface area contributed by atoms with Crippen molar-refractivity contribution < 1.29 is 22.8 Å². The third-order valence-electron chi connectivity index (χ3n) is 3.52. The van der Waals surface area contributed by atoms with Crippen LogP contribution in [0.25, 0.3) is 0 Å². The van der Waals surface area contributed by atoms with Gasteiger partial charge in [-0.2, -0.15) is 13.2 Å². The van der Waals surface area contributed by atoms with Crippen molar-refractivity contribution in [2.24, 2.45) is 0 Å². The molecule has 0 bridgehead atoms. The lowest BCUT2D eigenvalue weighted by Gasteiger charge is -2.15. The Morgan fingerprint density at radius 3 is 2.29 bits per heavy atom. The third kappa shape index (κ3) is 4.44. The summed E-state index contributed by atoms with van der Waals surface area (Å²) in [7, 11) is 0. The fourth-order valence-corrected chi connectivity index (χ4v) is 2.37. The standard InChI is InChI=1S/C18H16F3NO2/c1-12(23)16(14-7-3-2-4-8-14)17(24)22-11-13-6-5-9-15(10-13)18(19,20)21/h2-10,16H,11H2,1H3,(H,22,24). The summed E-state index contributed by atoms with van der Waals surface area (Å²) in [4.78, 5) is 24.1. The van der Waals surface area contributed by atoms with Gasteiger partial charge in [-0.25, -0.2) is 0 Å². The van der Waals surface area contributed by atoms with Crippen LogP contribution in [0.3, 0.4) is 0 Å². The number of nitrogens with one attached hydrogen (secondary N) is 1. The van der Waals surface area contributed by atoms with E-state index in [2.05, 4.69) is 5.32 Å². The minimum Gasteiger partial charge on any atom is -0.351 e. The Kier molecular flexibility index (Phi) is 5.39. The number of amides is 1. The Hall–Kier alpha value is -2.63. The van der Waals surface area contributed by atoms with E-state index in [0.29, 0.717) is 11.1 Å². The van der Waals surface area contributed by atoms with E-state index in [1.54, 1.807) is 30.3 Å². The largest absolute Gasteiger partial charge is 0.416 e. The number of carbonyl (C=O) groups is 2. The number of benzene rings is 2. The second-order valence-electron chi connectivity index (χ2n) is 5.37. The molecule has 0 heterocycles. The molecule has 1 amide bonds. The van der Waals surface area contributed by atoms with Gasteiger partial charge in [0, 0.05) is 6.54 Å². The molecule has 1 atom stereocenters. The Morgan fingerprint density at radius 1 is 1.04 bits per heavy atom. The number of hydrogen-bond donors (Lipinski definition) is 1. The molecule has 0 fully saturated rings. The summed E-state index contributed by atoms with van der Waals surface area (Å²) in [6.45, 7) is 1.22. The average molecular weight is 335 g/mol. The van der Waals surface area contributed by atoms with Crippen molar-refractivity contribution in [2.45, 2.75) is 25.6 Å². The molecule has 0 radical (unpaired) electrons. The molecule has 0 aliphatic rings. The highest BCUT2D eigenvalue weighted by atomic mass is 19.4. The van der Waals surface area contributed by atoms with E-state index in [1.807, 2.05) is 0 Å². The van der Waals surface area contributed by atoms with Crippen molar-refractivity contribution in [1.82, 2.24) is 5.32 Å². The van der Waals surface area contributed by atoms with Crippen LogP contribution in [0, 0.1) is 0 Å². The van der Waals surface area contributed by atoms with Crippen LogP contribution in [0.4, 0.5) is 13.2 Å². The molecule has 1 N–H and O–H groups in total. The highest BCUT2D eigenvalue weighted by Gasteiger charge is 2.30. The van der Waals surface area contributed by atoms with Crippen LogP contribution in [-0.2, 0) is 22.3 Å². The van der Waals surface area contributed by atoms with Crippen LogP contribution in [0.5, 0.6) is 0 Å². The van der Waals surface area contributed by atoms with E-state index in [-0.39, 0.29) is 12.3 Å². The van der Waals surface area contributed by atoms with E-state index in [4.69, 9.17) is 0 Å². The van der Waals surface area contributed by atoms with Gasteiger partial charge >= 0.3 is 6.18 Å². The highest BCUT2D eigenvalue weighted by Crippen LogP contribution is 2.29. The topological polar surface area (TPSA) is 46.2 Å². The van der Waals surface area contributed by atoms with Gasteiger partial charge in [0.1, 0.15) is 11.7 Å². The molecule has 0 saturated carbocycles. The van der Waals surface area contributed by atoms with Gasteiger partial charge in [-0.1, -0.05) is 42.5 Å². The number of Topliss-reactive ketones (excluding diaryl/α,β-unsaturated/α-hetero) is 1. The predicted octanol–water partition coefficient (Wildman–Crippen LogP) is 3.69. The van der Waals surface area contributed by atoms with Crippen molar-refractivity contribution in [1.29, 1.82) is 0 Å². The summed E-state index contributed by atoms with van der Waals surface area (Å²) in [6, 6.07) is 13.2. The molecule has 0 aliphatic carbocycles. The Balaban J connectivity index is 2.10. The van der Waals surface area contributed by atoms with Gasteiger partial charge in [-0.3, -0.25) is 9.59 Å². The maximum Gasteiger partial charge on any atom is 0.416 e. The Morgan fingerprint density at radius 2 is 1.71 bits per heavy atom. The summed E-state index contributed by atoms with van der Waals surface area (Å²) in [5, 5.41) is 2.53. The van der Waals surface area contributed by atoms with Gasteiger partial charge in [0.05, 0.1) is 5.56 Å². The lowest BCUT2D eigenvalue weighted by molar-refractivity contribution is -0.137. The van der Waals surface area contributed by atoms with Gasteiger partial charge in [-0.05, 0) is 30.2 Å². The number of halogens is 3. The lowest BCUT2D eigenvalue weighted by atomic mass is 9.94.